The van der Waals surface area contributed by atoms with Gasteiger partial charge in [-0.25, -0.2) is 0 Å². The van der Waals surface area contributed by atoms with Crippen LogP contribution in [0.25, 0.3) is 0 Å². The molecule has 0 saturated heterocycles. The predicted molar refractivity (Wildman–Crippen MR) is 114 cm³/mol. The minimum atomic E-state index is 0.000613. The first-order chi connectivity index (χ1) is 13.4. The molecule has 2 aromatic carbocycles. The summed E-state index contributed by atoms with van der Waals surface area (Å²) in [4.78, 5) is 17.8. The first kappa shape index (κ1) is 21.3. The maximum absolute atomic E-state index is 11.9. The summed E-state index contributed by atoms with van der Waals surface area (Å²) in [5.41, 5.74) is 2.87. The third kappa shape index (κ3) is 6.61. The van der Waals surface area contributed by atoms with Crippen molar-refractivity contribution >= 4 is 11.9 Å². The molecule has 0 bridgehead atoms. The molecule has 0 saturated carbocycles. The molecule has 2 rings (SSSR count). The monoisotopic (exact) mass is 382 g/mol. The molecule has 150 valence electrons. The van der Waals surface area contributed by atoms with Crippen LogP contribution in [-0.4, -0.2) is 44.0 Å². The number of nitrogens with one attached hydrogen (secondary N) is 2. The SMILES string of the molecule is CN=C(NCc1ccc(C(=O)N(C)C)cc1)NCc1cccc(OC(C)C)c1. The summed E-state index contributed by atoms with van der Waals surface area (Å²) in [6, 6.07) is 15.6. The number of hydrogen-bond acceptors (Lipinski definition) is 3. The first-order valence-corrected chi connectivity index (χ1v) is 9.39. The van der Waals surface area contributed by atoms with E-state index < -0.39 is 0 Å². The summed E-state index contributed by atoms with van der Waals surface area (Å²) in [6.07, 6.45) is 0.150. The van der Waals surface area contributed by atoms with E-state index in [0.717, 1.165) is 16.9 Å². The topological polar surface area (TPSA) is 66.0 Å². The quantitative estimate of drug-likeness (QED) is 0.571. The second kappa shape index (κ2) is 10.3. The van der Waals surface area contributed by atoms with E-state index in [0.29, 0.717) is 24.6 Å². The van der Waals surface area contributed by atoms with Gasteiger partial charge in [0.05, 0.1) is 6.10 Å². The Labute approximate surface area is 167 Å². The fourth-order valence-electron chi connectivity index (χ4n) is 2.62. The van der Waals surface area contributed by atoms with Gasteiger partial charge in [0.1, 0.15) is 5.75 Å². The summed E-state index contributed by atoms with van der Waals surface area (Å²) < 4.78 is 5.73. The zero-order valence-corrected chi connectivity index (χ0v) is 17.3. The van der Waals surface area contributed by atoms with Gasteiger partial charge in [-0.15, -0.1) is 0 Å². The lowest BCUT2D eigenvalue weighted by Crippen LogP contribution is -2.36. The number of aliphatic imine (C=N–C) groups is 1. The molecule has 0 spiro atoms. The average molecular weight is 383 g/mol. The normalized spacial score (nSPS) is 11.3. The van der Waals surface area contributed by atoms with Gasteiger partial charge in [0.25, 0.3) is 5.91 Å². The number of guanidine groups is 1. The van der Waals surface area contributed by atoms with Crippen molar-refractivity contribution in [1.82, 2.24) is 15.5 Å². The Morgan fingerprint density at radius 2 is 1.68 bits per heavy atom. The van der Waals surface area contributed by atoms with Gasteiger partial charge in [0.2, 0.25) is 0 Å². The molecule has 0 radical (unpaired) electrons. The molecule has 28 heavy (non-hydrogen) atoms. The highest BCUT2D eigenvalue weighted by molar-refractivity contribution is 5.93. The van der Waals surface area contributed by atoms with Crippen molar-refractivity contribution in [3.63, 3.8) is 0 Å². The van der Waals surface area contributed by atoms with Crippen molar-refractivity contribution in [3.8, 4) is 5.75 Å². The van der Waals surface area contributed by atoms with Gasteiger partial charge in [0.15, 0.2) is 5.96 Å². The molecule has 0 unspecified atom stereocenters. The number of hydrogen-bond donors (Lipinski definition) is 2. The molecule has 0 aliphatic carbocycles. The molecular formula is C22H30N4O2. The Hall–Kier alpha value is -3.02. The lowest BCUT2D eigenvalue weighted by molar-refractivity contribution is 0.0827. The molecule has 0 heterocycles. The number of benzene rings is 2. The van der Waals surface area contributed by atoms with E-state index in [-0.39, 0.29) is 12.0 Å². The van der Waals surface area contributed by atoms with Crippen LogP contribution in [0.1, 0.15) is 35.3 Å². The molecule has 2 N–H and O–H groups in total. The second-order valence-corrected chi connectivity index (χ2v) is 6.99. The number of amides is 1. The van der Waals surface area contributed by atoms with Gasteiger partial charge in [-0.2, -0.15) is 0 Å². The highest BCUT2D eigenvalue weighted by Crippen LogP contribution is 2.14. The zero-order valence-electron chi connectivity index (χ0n) is 17.3. The number of ether oxygens (including phenoxy) is 1. The van der Waals surface area contributed by atoms with E-state index >= 15 is 0 Å². The van der Waals surface area contributed by atoms with Crippen molar-refractivity contribution in [2.75, 3.05) is 21.1 Å². The Kier molecular flexibility index (Phi) is 7.87. The van der Waals surface area contributed by atoms with Crippen LogP contribution in [0.5, 0.6) is 5.75 Å². The standard InChI is InChI=1S/C22H30N4O2/c1-16(2)28-20-8-6-7-18(13-20)15-25-22(23-3)24-14-17-9-11-19(12-10-17)21(27)26(4)5/h6-13,16H,14-15H2,1-5H3,(H2,23,24,25). The molecular weight excluding hydrogens is 352 g/mol. The van der Waals surface area contributed by atoms with Crippen LogP contribution in [0.15, 0.2) is 53.5 Å². The van der Waals surface area contributed by atoms with E-state index in [2.05, 4.69) is 15.6 Å². The summed E-state index contributed by atoms with van der Waals surface area (Å²) in [5.74, 6) is 1.58. The molecule has 0 aromatic heterocycles. The van der Waals surface area contributed by atoms with E-state index in [9.17, 15) is 4.79 Å². The van der Waals surface area contributed by atoms with Gasteiger partial charge >= 0.3 is 0 Å². The van der Waals surface area contributed by atoms with E-state index in [1.165, 1.54) is 0 Å². The van der Waals surface area contributed by atoms with Crippen LogP contribution in [-0.2, 0) is 13.1 Å². The van der Waals surface area contributed by atoms with Crippen molar-refractivity contribution < 1.29 is 9.53 Å². The van der Waals surface area contributed by atoms with Gasteiger partial charge in [-0.1, -0.05) is 24.3 Å². The Morgan fingerprint density at radius 1 is 1.04 bits per heavy atom. The Balaban J connectivity index is 1.87. The zero-order chi connectivity index (χ0) is 20.5. The molecule has 2 aromatic rings. The van der Waals surface area contributed by atoms with Crippen LogP contribution in [0, 0.1) is 0 Å². The van der Waals surface area contributed by atoms with E-state index in [1.54, 1.807) is 26.0 Å². The van der Waals surface area contributed by atoms with Crippen LogP contribution < -0.4 is 15.4 Å². The van der Waals surface area contributed by atoms with E-state index in [4.69, 9.17) is 4.74 Å². The van der Waals surface area contributed by atoms with Crippen molar-refractivity contribution in [3.05, 3.63) is 65.2 Å². The second-order valence-electron chi connectivity index (χ2n) is 6.99. The van der Waals surface area contributed by atoms with Crippen LogP contribution in [0.4, 0.5) is 0 Å². The number of carbonyl (C=O) groups excluding carboxylic acids is 1. The maximum Gasteiger partial charge on any atom is 0.253 e. The van der Waals surface area contributed by atoms with Crippen LogP contribution in [0.3, 0.4) is 0 Å². The first-order valence-electron chi connectivity index (χ1n) is 9.39. The average Bonchev–Trinajstić information content (AvgIpc) is 2.67. The molecule has 0 aliphatic heterocycles. The predicted octanol–water partition coefficient (Wildman–Crippen LogP) is 3.04. The Morgan fingerprint density at radius 3 is 2.25 bits per heavy atom. The fourth-order valence-corrected chi connectivity index (χ4v) is 2.62. The molecule has 0 fully saturated rings. The highest BCUT2D eigenvalue weighted by atomic mass is 16.5. The summed E-state index contributed by atoms with van der Waals surface area (Å²) in [5, 5.41) is 6.59. The molecule has 6 heteroatoms. The largest absolute Gasteiger partial charge is 0.491 e. The third-order valence-electron chi connectivity index (χ3n) is 4.02. The molecule has 1 amide bonds. The van der Waals surface area contributed by atoms with Gasteiger partial charge < -0.3 is 20.3 Å². The Bertz CT molecular complexity index is 798. The number of rotatable bonds is 7. The van der Waals surface area contributed by atoms with Gasteiger partial charge in [-0.05, 0) is 49.2 Å². The molecule has 0 atom stereocenters. The summed E-state index contributed by atoms with van der Waals surface area (Å²) in [6.45, 7) is 5.29. The number of nitrogens with zero attached hydrogens (tertiary/aromatic N) is 2. The molecule has 6 nitrogen and oxygen atoms in total. The van der Waals surface area contributed by atoms with Gasteiger partial charge in [-0.3, -0.25) is 9.79 Å². The lowest BCUT2D eigenvalue weighted by atomic mass is 10.1. The van der Waals surface area contributed by atoms with Crippen molar-refractivity contribution in [1.29, 1.82) is 0 Å². The fraction of sp³-hybridized carbons (Fsp3) is 0.364. The third-order valence-corrected chi connectivity index (χ3v) is 4.02. The highest BCUT2D eigenvalue weighted by Gasteiger charge is 2.07. The van der Waals surface area contributed by atoms with Crippen molar-refractivity contribution in [2.24, 2.45) is 4.99 Å². The minimum Gasteiger partial charge on any atom is -0.491 e. The maximum atomic E-state index is 11.9. The smallest absolute Gasteiger partial charge is 0.253 e. The minimum absolute atomic E-state index is 0.000613. The summed E-state index contributed by atoms with van der Waals surface area (Å²) >= 11 is 0. The summed E-state index contributed by atoms with van der Waals surface area (Å²) in [7, 11) is 5.24. The van der Waals surface area contributed by atoms with Crippen molar-refractivity contribution in [2.45, 2.75) is 33.0 Å². The number of carbonyl (C=O) groups is 1. The lowest BCUT2D eigenvalue weighted by Gasteiger charge is -2.14. The van der Waals surface area contributed by atoms with Crippen LogP contribution in [0.2, 0.25) is 0 Å². The van der Waals surface area contributed by atoms with Crippen LogP contribution >= 0.6 is 0 Å². The molecule has 0 aliphatic rings. The van der Waals surface area contributed by atoms with E-state index in [1.807, 2.05) is 62.4 Å². The van der Waals surface area contributed by atoms with Gasteiger partial charge in [0, 0.05) is 39.8 Å².